The number of hydrogen-bond acceptors (Lipinski definition) is 6. The minimum atomic E-state index is -1.17. The van der Waals surface area contributed by atoms with Crippen LogP contribution in [0.2, 0.25) is 0 Å². The molecule has 4 aromatic rings. The summed E-state index contributed by atoms with van der Waals surface area (Å²) in [5.74, 6) is -2.48. The zero-order valence-corrected chi connectivity index (χ0v) is 26.8. The van der Waals surface area contributed by atoms with Crippen LogP contribution in [-0.2, 0) is 16.1 Å². The SMILES string of the molecule is CN(C)C(=O)C1CC2C(CN1C(=O)C(c1ccccc1)c1ccccc1)N=CN2Cc1ccc(NC(=O)c2ccccc2C(=O)O)cc1. The number of nitrogens with zero attached hydrogens (tertiary/aromatic N) is 4. The van der Waals surface area contributed by atoms with E-state index in [4.69, 9.17) is 4.99 Å². The summed E-state index contributed by atoms with van der Waals surface area (Å²) in [6.45, 7) is 0.841. The number of piperidine rings is 1. The molecule has 3 amide bonds. The van der Waals surface area contributed by atoms with Crippen molar-refractivity contribution in [3.05, 3.63) is 137 Å². The van der Waals surface area contributed by atoms with Gasteiger partial charge in [0.05, 0.1) is 35.5 Å². The number of hydrogen-bond donors (Lipinski definition) is 2. The third-order valence-electron chi connectivity index (χ3n) is 9.00. The van der Waals surface area contributed by atoms with Gasteiger partial charge in [-0.25, -0.2) is 4.79 Å². The molecule has 4 aromatic carbocycles. The predicted octanol–water partition coefficient (Wildman–Crippen LogP) is 4.74. The maximum atomic E-state index is 14.5. The molecule has 2 heterocycles. The fourth-order valence-corrected chi connectivity index (χ4v) is 6.56. The van der Waals surface area contributed by atoms with E-state index in [1.807, 2.05) is 79.1 Å². The summed E-state index contributed by atoms with van der Waals surface area (Å²) in [5.41, 5.74) is 3.26. The largest absolute Gasteiger partial charge is 0.478 e. The van der Waals surface area contributed by atoms with Crippen LogP contribution in [0.15, 0.2) is 114 Å². The normalized spacial score (nSPS) is 18.4. The fourth-order valence-electron chi connectivity index (χ4n) is 6.56. The lowest BCUT2D eigenvalue weighted by molar-refractivity contribution is -0.148. The molecule has 0 spiro atoms. The van der Waals surface area contributed by atoms with E-state index in [0.717, 1.165) is 16.7 Å². The molecule has 0 aromatic heterocycles. The van der Waals surface area contributed by atoms with Crippen molar-refractivity contribution in [2.24, 2.45) is 4.99 Å². The number of nitrogens with one attached hydrogen (secondary N) is 1. The first-order valence-electron chi connectivity index (χ1n) is 15.8. The Labute approximate surface area is 279 Å². The highest BCUT2D eigenvalue weighted by atomic mass is 16.4. The van der Waals surface area contributed by atoms with Crippen LogP contribution in [0.5, 0.6) is 0 Å². The third-order valence-corrected chi connectivity index (χ3v) is 9.00. The molecule has 10 heteroatoms. The number of aliphatic imine (C=N–C) groups is 1. The van der Waals surface area contributed by atoms with Gasteiger partial charge in [-0.05, 0) is 47.4 Å². The van der Waals surface area contributed by atoms with Crippen LogP contribution in [0.4, 0.5) is 5.69 Å². The van der Waals surface area contributed by atoms with Gasteiger partial charge in [0.2, 0.25) is 11.8 Å². The summed E-state index contributed by atoms with van der Waals surface area (Å²) >= 11 is 0. The molecule has 48 heavy (non-hydrogen) atoms. The zero-order valence-electron chi connectivity index (χ0n) is 26.8. The summed E-state index contributed by atoms with van der Waals surface area (Å²) < 4.78 is 0. The van der Waals surface area contributed by atoms with E-state index in [0.29, 0.717) is 25.2 Å². The summed E-state index contributed by atoms with van der Waals surface area (Å²) in [6, 6.07) is 31.8. The average Bonchev–Trinajstić information content (AvgIpc) is 3.50. The molecule has 0 radical (unpaired) electrons. The van der Waals surface area contributed by atoms with Gasteiger partial charge in [0.15, 0.2) is 0 Å². The number of likely N-dealkylation sites (tertiary alicyclic amines) is 1. The van der Waals surface area contributed by atoms with Crippen molar-refractivity contribution >= 4 is 35.7 Å². The molecule has 244 valence electrons. The first kappa shape index (κ1) is 32.2. The summed E-state index contributed by atoms with van der Waals surface area (Å²) in [4.78, 5) is 62.7. The van der Waals surface area contributed by atoms with Gasteiger partial charge < -0.3 is 25.1 Å². The molecule has 3 atom stereocenters. The number of fused-ring (bicyclic) bond motifs is 1. The van der Waals surface area contributed by atoms with Crippen LogP contribution >= 0.6 is 0 Å². The van der Waals surface area contributed by atoms with Gasteiger partial charge in [-0.15, -0.1) is 0 Å². The molecule has 3 unspecified atom stereocenters. The number of carboxylic acids is 1. The van der Waals surface area contributed by atoms with Gasteiger partial charge in [0.25, 0.3) is 5.91 Å². The molecule has 6 rings (SSSR count). The van der Waals surface area contributed by atoms with Crippen LogP contribution in [0.1, 0.15) is 49.7 Å². The molecule has 2 aliphatic rings. The van der Waals surface area contributed by atoms with E-state index in [1.165, 1.54) is 12.1 Å². The molecule has 2 N–H and O–H groups in total. The van der Waals surface area contributed by atoms with Crippen molar-refractivity contribution in [3.63, 3.8) is 0 Å². The Bertz CT molecular complexity index is 1790. The number of rotatable bonds is 9. The second kappa shape index (κ2) is 13.9. The Kier molecular flexibility index (Phi) is 9.33. The predicted molar refractivity (Wildman–Crippen MR) is 183 cm³/mol. The van der Waals surface area contributed by atoms with E-state index >= 15 is 0 Å². The van der Waals surface area contributed by atoms with Gasteiger partial charge in [0.1, 0.15) is 6.04 Å². The first-order chi connectivity index (χ1) is 23.2. The van der Waals surface area contributed by atoms with E-state index in [1.54, 1.807) is 48.2 Å². The van der Waals surface area contributed by atoms with Crippen molar-refractivity contribution in [1.82, 2.24) is 14.7 Å². The molecule has 10 nitrogen and oxygen atoms in total. The minimum Gasteiger partial charge on any atom is -0.478 e. The maximum absolute atomic E-state index is 14.5. The van der Waals surface area contributed by atoms with E-state index in [2.05, 4.69) is 10.2 Å². The third kappa shape index (κ3) is 6.69. The number of carbonyl (C=O) groups excluding carboxylic acids is 3. The first-order valence-corrected chi connectivity index (χ1v) is 15.8. The molecular formula is C38H37N5O5. The Balaban J connectivity index is 1.18. The lowest BCUT2D eigenvalue weighted by Gasteiger charge is -2.44. The van der Waals surface area contributed by atoms with E-state index in [-0.39, 0.29) is 35.0 Å². The molecule has 0 aliphatic carbocycles. The average molecular weight is 644 g/mol. The highest BCUT2D eigenvalue weighted by molar-refractivity contribution is 6.10. The van der Waals surface area contributed by atoms with Crippen molar-refractivity contribution in [2.75, 3.05) is 26.0 Å². The number of benzene rings is 4. The summed E-state index contributed by atoms with van der Waals surface area (Å²) in [5, 5.41) is 12.2. The van der Waals surface area contributed by atoms with Crippen LogP contribution in [0.25, 0.3) is 0 Å². The standard InChI is InChI=1S/C38H37N5O5/c1-41(2)36(45)33-21-32-31(23-43(33)37(46)34(26-11-5-3-6-12-26)27-13-7-4-8-14-27)39-24-42(32)22-25-17-19-28(20-18-25)40-35(44)29-15-9-10-16-30(29)38(47)48/h3-20,24,31-34H,21-23H2,1-2H3,(H,40,44)(H,47,48). The number of carboxylic acid groups (broad SMARTS) is 1. The molecule has 2 aliphatic heterocycles. The number of aromatic carboxylic acids is 1. The van der Waals surface area contributed by atoms with Crippen molar-refractivity contribution < 1.29 is 24.3 Å². The van der Waals surface area contributed by atoms with E-state index in [9.17, 15) is 24.3 Å². The number of amides is 3. The Morgan fingerprint density at radius 1 is 0.833 bits per heavy atom. The molecule has 1 fully saturated rings. The zero-order chi connectivity index (χ0) is 33.8. The number of likely N-dealkylation sites (N-methyl/N-ethyl adjacent to an activating group) is 1. The second-order valence-corrected chi connectivity index (χ2v) is 12.3. The van der Waals surface area contributed by atoms with Gasteiger partial charge >= 0.3 is 5.97 Å². The molecular weight excluding hydrogens is 606 g/mol. The second-order valence-electron chi connectivity index (χ2n) is 12.3. The van der Waals surface area contributed by atoms with Gasteiger partial charge in [-0.2, -0.15) is 0 Å². The van der Waals surface area contributed by atoms with Crippen molar-refractivity contribution in [2.45, 2.75) is 37.0 Å². The molecule has 1 saturated heterocycles. The fraction of sp³-hybridized carbons (Fsp3) is 0.237. The van der Waals surface area contributed by atoms with Crippen LogP contribution in [0, 0.1) is 0 Å². The topological polar surface area (TPSA) is 123 Å². The lowest BCUT2D eigenvalue weighted by atomic mass is 9.86. The van der Waals surface area contributed by atoms with Gasteiger partial charge in [0, 0.05) is 32.9 Å². The lowest BCUT2D eigenvalue weighted by Crippen LogP contribution is -2.61. The highest BCUT2D eigenvalue weighted by Crippen LogP contribution is 2.34. The Morgan fingerprint density at radius 3 is 2.00 bits per heavy atom. The monoisotopic (exact) mass is 643 g/mol. The maximum Gasteiger partial charge on any atom is 0.336 e. The number of carbonyl (C=O) groups is 4. The van der Waals surface area contributed by atoms with Gasteiger partial charge in [-0.1, -0.05) is 84.9 Å². The van der Waals surface area contributed by atoms with E-state index < -0.39 is 23.8 Å². The van der Waals surface area contributed by atoms with Crippen LogP contribution < -0.4 is 5.32 Å². The Morgan fingerprint density at radius 2 is 1.42 bits per heavy atom. The van der Waals surface area contributed by atoms with Crippen molar-refractivity contribution in [1.29, 1.82) is 0 Å². The van der Waals surface area contributed by atoms with Crippen LogP contribution in [-0.4, -0.2) is 88.6 Å². The Hall–Kier alpha value is -5.77. The molecule has 0 bridgehead atoms. The highest BCUT2D eigenvalue weighted by Gasteiger charge is 2.47. The van der Waals surface area contributed by atoms with Gasteiger partial charge in [-0.3, -0.25) is 19.4 Å². The molecule has 0 saturated carbocycles. The quantitative estimate of drug-likeness (QED) is 0.272. The van der Waals surface area contributed by atoms with Crippen LogP contribution in [0.3, 0.4) is 0 Å². The number of anilines is 1. The minimum absolute atomic E-state index is 0.0658. The summed E-state index contributed by atoms with van der Waals surface area (Å²) in [6.07, 6.45) is 2.24. The smallest absolute Gasteiger partial charge is 0.336 e. The van der Waals surface area contributed by atoms with Crippen molar-refractivity contribution in [3.8, 4) is 0 Å². The summed E-state index contributed by atoms with van der Waals surface area (Å²) in [7, 11) is 3.43.